The van der Waals surface area contributed by atoms with E-state index < -0.39 is 9.15 Å². The van der Waals surface area contributed by atoms with Crippen molar-refractivity contribution >= 4 is 25.7 Å². The molecule has 1 atom stereocenters. The quantitative estimate of drug-likeness (QED) is 0.456. The lowest BCUT2D eigenvalue weighted by Crippen LogP contribution is -2.12. The Kier molecular flexibility index (Phi) is 4.21. The van der Waals surface area contributed by atoms with E-state index in [4.69, 9.17) is 9.39 Å². The molecule has 0 aromatic heterocycles. The van der Waals surface area contributed by atoms with Gasteiger partial charge in [0.05, 0.1) is 11.0 Å². The largest absolute Gasteiger partial charge is 0.396 e. The third kappa shape index (κ3) is 3.85. The molecule has 1 N–H and O–H groups in total. The van der Waals surface area contributed by atoms with Crippen molar-refractivity contribution in [2.75, 3.05) is 6.61 Å². The molecular weight excluding hydrogens is 226 g/mol. The highest BCUT2D eigenvalue weighted by molar-refractivity contribution is 8.70. The number of hydrogen-bond acceptors (Lipinski definition) is 5. The summed E-state index contributed by atoms with van der Waals surface area (Å²) in [5.74, 6) is 0. The fourth-order valence-electron chi connectivity index (χ4n) is 1.30. The van der Waals surface area contributed by atoms with Crippen molar-refractivity contribution in [3.05, 3.63) is 0 Å². The zero-order valence-corrected chi connectivity index (χ0v) is 9.47. The van der Waals surface area contributed by atoms with E-state index in [1.807, 2.05) is 6.92 Å². The van der Waals surface area contributed by atoms with E-state index in [1.165, 1.54) is 0 Å². The molecule has 0 aliphatic heterocycles. The Morgan fingerprint density at radius 3 is 3.00 bits per heavy atom. The molecule has 82 valence electrons. The van der Waals surface area contributed by atoms with E-state index >= 15 is 0 Å². The van der Waals surface area contributed by atoms with Gasteiger partial charge in [-0.15, -0.1) is 0 Å². The van der Waals surface area contributed by atoms with Gasteiger partial charge in [-0.05, 0) is 26.2 Å². The van der Waals surface area contributed by atoms with Crippen molar-refractivity contribution < 1.29 is 17.8 Å². The Labute approximate surface area is 87.0 Å². The molecule has 7 heteroatoms. The molecular formula is C7H13NO4S2. The molecule has 0 unspecified atom stereocenters. The Morgan fingerprint density at radius 2 is 2.43 bits per heavy atom. The van der Waals surface area contributed by atoms with Gasteiger partial charge in [0.1, 0.15) is 6.61 Å². The fourth-order valence-corrected chi connectivity index (χ4v) is 3.63. The molecule has 0 amide bonds. The average molecular weight is 239 g/mol. The first-order valence-electron chi connectivity index (χ1n) is 4.37. The molecule has 0 spiro atoms. The third-order valence-corrected chi connectivity index (χ3v) is 4.23. The van der Waals surface area contributed by atoms with Gasteiger partial charge in [-0.3, -0.25) is 4.55 Å². The van der Waals surface area contributed by atoms with Gasteiger partial charge >= 0.3 is 9.15 Å². The molecule has 0 radical (unpaired) electrons. The lowest BCUT2D eigenvalue weighted by atomic mass is 10.3. The normalized spacial score (nSPS) is 25.6. The second kappa shape index (κ2) is 4.99. The van der Waals surface area contributed by atoms with E-state index in [9.17, 15) is 8.42 Å². The fraction of sp³-hybridized carbons (Fsp3) is 0.857. The topological polar surface area (TPSA) is 76.0 Å². The van der Waals surface area contributed by atoms with E-state index in [0.717, 1.165) is 25.0 Å². The summed E-state index contributed by atoms with van der Waals surface area (Å²) in [6, 6.07) is 0. The molecule has 5 nitrogen and oxygen atoms in total. The lowest BCUT2D eigenvalue weighted by molar-refractivity contribution is 0.158. The Hall–Kier alpha value is -0.270. The summed E-state index contributed by atoms with van der Waals surface area (Å²) >= 11 is 0. The minimum Gasteiger partial charge on any atom is -0.396 e. The van der Waals surface area contributed by atoms with Gasteiger partial charge in [-0.2, -0.15) is 8.42 Å². The maximum absolute atomic E-state index is 10.6. The van der Waals surface area contributed by atoms with Crippen molar-refractivity contribution in [3.63, 3.8) is 0 Å². The van der Waals surface area contributed by atoms with Crippen LogP contribution in [0.25, 0.3) is 0 Å². The smallest absolute Gasteiger partial charge is 0.320 e. The van der Waals surface area contributed by atoms with Gasteiger partial charge in [-0.25, -0.2) is 0 Å². The van der Waals surface area contributed by atoms with Crippen LogP contribution in [-0.2, 0) is 14.0 Å². The van der Waals surface area contributed by atoms with Crippen LogP contribution >= 0.6 is 10.8 Å². The molecule has 1 aliphatic rings. The van der Waals surface area contributed by atoms with Crippen molar-refractivity contribution in [3.8, 4) is 0 Å². The Morgan fingerprint density at radius 1 is 1.71 bits per heavy atom. The van der Waals surface area contributed by atoms with Gasteiger partial charge < -0.3 is 4.84 Å². The predicted octanol–water partition coefficient (Wildman–Crippen LogP) is 1.47. The van der Waals surface area contributed by atoms with E-state index in [1.54, 1.807) is 0 Å². The van der Waals surface area contributed by atoms with Gasteiger partial charge in [0, 0.05) is 10.8 Å². The second-order valence-electron chi connectivity index (χ2n) is 2.91. The number of nitrogens with zero attached hydrogens (tertiary/aromatic N) is 1. The minimum absolute atomic E-state index is 0.253. The maximum atomic E-state index is 10.6. The molecule has 1 fully saturated rings. The van der Waals surface area contributed by atoms with Crippen LogP contribution in [0.1, 0.15) is 26.2 Å². The number of oxime groups is 1. The minimum atomic E-state index is -3.99. The van der Waals surface area contributed by atoms with Gasteiger partial charge in [0.25, 0.3) is 0 Å². The zero-order chi connectivity index (χ0) is 10.6. The predicted molar refractivity (Wildman–Crippen MR) is 55.8 cm³/mol. The van der Waals surface area contributed by atoms with Crippen LogP contribution in [0.15, 0.2) is 5.16 Å². The molecule has 0 aromatic rings. The second-order valence-corrected chi connectivity index (χ2v) is 6.36. The first-order chi connectivity index (χ1) is 6.53. The standard InChI is InChI=1S/C7H13NO4S2/c1-2-12-8-6-4-3-5-7(6)13-14(9,10)11/h7H,2-5H2,1H3,(H,9,10,11)/b8-6+/t7-/m1/s1. The summed E-state index contributed by atoms with van der Waals surface area (Å²) in [6.07, 6.45) is 2.35. The molecule has 14 heavy (non-hydrogen) atoms. The molecule has 1 saturated carbocycles. The number of rotatable bonds is 4. The highest BCUT2D eigenvalue weighted by Crippen LogP contribution is 2.30. The van der Waals surface area contributed by atoms with Crippen molar-refractivity contribution in [1.29, 1.82) is 0 Å². The first kappa shape index (κ1) is 11.8. The summed E-state index contributed by atoms with van der Waals surface area (Å²) in [4.78, 5) is 4.86. The van der Waals surface area contributed by atoms with Crippen LogP contribution in [0, 0.1) is 0 Å². The van der Waals surface area contributed by atoms with Gasteiger partial charge in [0.15, 0.2) is 0 Å². The van der Waals surface area contributed by atoms with Crippen LogP contribution in [0.5, 0.6) is 0 Å². The van der Waals surface area contributed by atoms with E-state index in [-0.39, 0.29) is 5.25 Å². The van der Waals surface area contributed by atoms with Crippen molar-refractivity contribution in [2.45, 2.75) is 31.4 Å². The molecule has 0 bridgehead atoms. The first-order valence-corrected chi connectivity index (χ1v) is 7.21. The lowest BCUT2D eigenvalue weighted by Gasteiger charge is -2.06. The summed E-state index contributed by atoms with van der Waals surface area (Å²) in [6.45, 7) is 2.27. The highest BCUT2D eigenvalue weighted by atomic mass is 33.1. The third-order valence-electron chi connectivity index (χ3n) is 1.82. The summed E-state index contributed by atoms with van der Waals surface area (Å²) < 4.78 is 29.9. The molecule has 0 saturated heterocycles. The van der Waals surface area contributed by atoms with Gasteiger partial charge in [-0.1, -0.05) is 5.16 Å². The van der Waals surface area contributed by atoms with Crippen LogP contribution < -0.4 is 0 Å². The summed E-state index contributed by atoms with van der Waals surface area (Å²) in [7, 11) is -3.45. The van der Waals surface area contributed by atoms with Crippen LogP contribution in [0.4, 0.5) is 0 Å². The zero-order valence-electron chi connectivity index (χ0n) is 7.84. The number of hydrogen-bond donors (Lipinski definition) is 1. The highest BCUT2D eigenvalue weighted by Gasteiger charge is 2.28. The summed E-state index contributed by atoms with van der Waals surface area (Å²) in [5, 5.41) is 3.57. The monoisotopic (exact) mass is 239 g/mol. The summed E-state index contributed by atoms with van der Waals surface area (Å²) in [5.41, 5.74) is 0.717. The molecule has 1 rings (SSSR count). The van der Waals surface area contributed by atoms with E-state index in [0.29, 0.717) is 17.4 Å². The molecule has 0 heterocycles. The van der Waals surface area contributed by atoms with Crippen molar-refractivity contribution in [2.24, 2.45) is 5.16 Å². The maximum Gasteiger partial charge on any atom is 0.320 e. The van der Waals surface area contributed by atoms with Crippen LogP contribution in [0.2, 0.25) is 0 Å². The molecule has 1 aliphatic carbocycles. The van der Waals surface area contributed by atoms with Crippen LogP contribution in [-0.4, -0.2) is 30.5 Å². The van der Waals surface area contributed by atoms with Crippen LogP contribution in [0.3, 0.4) is 0 Å². The average Bonchev–Trinajstić information content (AvgIpc) is 2.45. The van der Waals surface area contributed by atoms with E-state index in [2.05, 4.69) is 5.16 Å². The van der Waals surface area contributed by atoms with Crippen molar-refractivity contribution in [1.82, 2.24) is 0 Å². The Balaban J connectivity index is 2.60. The molecule has 0 aromatic carbocycles. The Bertz CT molecular complexity index is 312. The SMILES string of the molecule is CCO/N=C1\CCC[C@H]1SS(=O)(=O)O. The van der Waals surface area contributed by atoms with Gasteiger partial charge in [0.2, 0.25) is 0 Å².